The van der Waals surface area contributed by atoms with Gasteiger partial charge in [0, 0.05) is 11.6 Å². The van der Waals surface area contributed by atoms with Crippen LogP contribution in [0.1, 0.15) is 17.3 Å². The van der Waals surface area contributed by atoms with Gasteiger partial charge < -0.3 is 4.74 Å². The zero-order chi connectivity index (χ0) is 13.9. The molecule has 1 heterocycles. The van der Waals surface area contributed by atoms with Crippen molar-refractivity contribution in [2.75, 3.05) is 0 Å². The highest BCUT2D eigenvalue weighted by atomic mass is 16.5. The molecule has 0 aliphatic heterocycles. The fourth-order valence-corrected chi connectivity index (χ4v) is 2.13. The van der Waals surface area contributed by atoms with E-state index >= 15 is 0 Å². The number of rotatable bonds is 3. The average molecular weight is 263 g/mol. The number of fused-ring (bicyclic) bond motifs is 1. The third-order valence-electron chi connectivity index (χ3n) is 3.11. The maximum absolute atomic E-state index is 11.6. The van der Waals surface area contributed by atoms with Gasteiger partial charge in [0.25, 0.3) is 0 Å². The lowest BCUT2D eigenvalue weighted by atomic mass is 10.1. The van der Waals surface area contributed by atoms with Gasteiger partial charge in [-0.05, 0) is 30.5 Å². The van der Waals surface area contributed by atoms with Crippen molar-refractivity contribution in [1.82, 2.24) is 4.98 Å². The lowest BCUT2D eigenvalue weighted by Crippen LogP contribution is -1.99. The summed E-state index contributed by atoms with van der Waals surface area (Å²) in [4.78, 5) is 15.8. The molecule has 3 heteroatoms. The molecule has 3 aromatic rings. The van der Waals surface area contributed by atoms with Crippen molar-refractivity contribution in [2.45, 2.75) is 6.92 Å². The van der Waals surface area contributed by atoms with Crippen LogP contribution in [0.3, 0.4) is 0 Å². The number of ether oxygens (including phenoxy) is 1. The number of carbonyl (C=O) groups excluding carboxylic acids is 1. The highest BCUT2D eigenvalue weighted by Crippen LogP contribution is 2.30. The minimum absolute atomic E-state index is 0.0617. The normalized spacial score (nSPS) is 10.4. The van der Waals surface area contributed by atoms with Gasteiger partial charge in [-0.25, -0.2) is 4.98 Å². The molecule has 0 spiro atoms. The van der Waals surface area contributed by atoms with Crippen molar-refractivity contribution in [3.05, 3.63) is 66.4 Å². The minimum atomic E-state index is -0.0617. The summed E-state index contributed by atoms with van der Waals surface area (Å²) in [6, 6.07) is 17.2. The molecule has 2 aromatic carbocycles. The Morgan fingerprint density at radius 2 is 1.80 bits per heavy atom. The number of Topliss-reactive ketones (excluding diaryl/α,β-unsaturated/α-hetero) is 1. The first-order valence-electron chi connectivity index (χ1n) is 6.37. The molecule has 3 rings (SSSR count). The molecule has 0 aliphatic carbocycles. The number of hydrogen-bond donors (Lipinski definition) is 0. The summed E-state index contributed by atoms with van der Waals surface area (Å²) in [5, 5.41) is 2.08. The fourth-order valence-electron chi connectivity index (χ4n) is 2.13. The Bertz CT molecular complexity index is 775. The van der Waals surface area contributed by atoms with Crippen molar-refractivity contribution in [3.8, 4) is 11.6 Å². The van der Waals surface area contributed by atoms with Gasteiger partial charge in [0.2, 0.25) is 5.88 Å². The van der Waals surface area contributed by atoms with E-state index in [0.29, 0.717) is 17.2 Å². The molecule has 0 saturated heterocycles. The summed E-state index contributed by atoms with van der Waals surface area (Å²) in [5.41, 5.74) is 0.487. The molecule has 0 fully saturated rings. The summed E-state index contributed by atoms with van der Waals surface area (Å²) in [5.74, 6) is 0.981. The van der Waals surface area contributed by atoms with Gasteiger partial charge in [-0.15, -0.1) is 0 Å². The molecule has 0 unspecified atom stereocenters. The Balaban J connectivity index is 2.08. The van der Waals surface area contributed by atoms with E-state index in [1.54, 1.807) is 18.3 Å². The van der Waals surface area contributed by atoms with E-state index in [1.807, 2.05) is 42.5 Å². The molecule has 0 saturated carbocycles. The van der Waals surface area contributed by atoms with Crippen LogP contribution in [0.5, 0.6) is 11.6 Å². The number of pyridine rings is 1. The van der Waals surface area contributed by atoms with Gasteiger partial charge >= 0.3 is 0 Å². The molecule has 0 bridgehead atoms. The molecule has 1 aromatic heterocycles. The Hall–Kier alpha value is -2.68. The van der Waals surface area contributed by atoms with Crippen molar-refractivity contribution in [1.29, 1.82) is 0 Å². The second-order valence-electron chi connectivity index (χ2n) is 4.49. The molecule has 0 atom stereocenters. The van der Waals surface area contributed by atoms with Crippen LogP contribution in [0.4, 0.5) is 0 Å². The van der Waals surface area contributed by atoms with E-state index in [-0.39, 0.29) is 5.78 Å². The highest BCUT2D eigenvalue weighted by molar-refractivity contribution is 5.96. The molecule has 0 N–H and O–H groups in total. The van der Waals surface area contributed by atoms with E-state index < -0.39 is 0 Å². The van der Waals surface area contributed by atoms with Crippen LogP contribution in [-0.2, 0) is 0 Å². The topological polar surface area (TPSA) is 39.2 Å². The molecule has 98 valence electrons. The lowest BCUT2D eigenvalue weighted by molar-refractivity contribution is 0.101. The van der Waals surface area contributed by atoms with Crippen molar-refractivity contribution >= 4 is 16.6 Å². The Morgan fingerprint density at radius 3 is 2.65 bits per heavy atom. The molecule has 3 nitrogen and oxygen atoms in total. The number of aromatic nitrogens is 1. The second-order valence-corrected chi connectivity index (χ2v) is 4.49. The number of hydrogen-bond acceptors (Lipinski definition) is 3. The van der Waals surface area contributed by atoms with Crippen LogP contribution < -0.4 is 4.74 Å². The van der Waals surface area contributed by atoms with Crippen LogP contribution in [0.15, 0.2) is 60.8 Å². The monoisotopic (exact) mass is 263 g/mol. The predicted octanol–water partition coefficient (Wildman–Crippen LogP) is 4.23. The molecule has 0 amide bonds. The van der Waals surface area contributed by atoms with Crippen LogP contribution >= 0.6 is 0 Å². The Labute approximate surface area is 116 Å². The number of carbonyl (C=O) groups is 1. The maximum atomic E-state index is 11.6. The summed E-state index contributed by atoms with van der Waals surface area (Å²) in [7, 11) is 0. The van der Waals surface area contributed by atoms with Gasteiger partial charge in [-0.1, -0.05) is 36.4 Å². The van der Waals surface area contributed by atoms with Gasteiger partial charge in [-0.3, -0.25) is 4.79 Å². The Kier molecular flexibility index (Phi) is 3.17. The SMILES string of the molecule is CC(=O)c1cccnc1Oc1cccc2ccccc12. The van der Waals surface area contributed by atoms with Crippen LogP contribution in [0.25, 0.3) is 10.8 Å². The third-order valence-corrected chi connectivity index (χ3v) is 3.11. The van der Waals surface area contributed by atoms with E-state index in [1.165, 1.54) is 6.92 Å². The molecular formula is C17H13NO2. The summed E-state index contributed by atoms with van der Waals surface area (Å²) >= 11 is 0. The number of nitrogens with zero attached hydrogens (tertiary/aromatic N) is 1. The van der Waals surface area contributed by atoms with Crippen molar-refractivity contribution in [3.63, 3.8) is 0 Å². The van der Waals surface area contributed by atoms with Gasteiger partial charge in [0.1, 0.15) is 5.75 Å². The molecule has 0 radical (unpaired) electrons. The van der Waals surface area contributed by atoms with Crippen LogP contribution in [0.2, 0.25) is 0 Å². The second kappa shape index (κ2) is 5.13. The summed E-state index contributed by atoms with van der Waals surface area (Å²) < 4.78 is 5.85. The van der Waals surface area contributed by atoms with Gasteiger partial charge in [0.15, 0.2) is 5.78 Å². The van der Waals surface area contributed by atoms with E-state index in [0.717, 1.165) is 10.8 Å². The fraction of sp³-hybridized carbons (Fsp3) is 0.0588. The van der Waals surface area contributed by atoms with Crippen LogP contribution in [-0.4, -0.2) is 10.8 Å². The van der Waals surface area contributed by atoms with Crippen LogP contribution in [0, 0.1) is 0 Å². The standard InChI is InChI=1S/C17H13NO2/c1-12(19)14-9-5-11-18-17(14)20-16-10-4-7-13-6-2-3-8-15(13)16/h2-11H,1H3. The average Bonchev–Trinajstić information content (AvgIpc) is 2.48. The highest BCUT2D eigenvalue weighted by Gasteiger charge is 2.11. The zero-order valence-electron chi connectivity index (χ0n) is 11.0. The maximum Gasteiger partial charge on any atom is 0.230 e. The summed E-state index contributed by atoms with van der Waals surface area (Å²) in [6.07, 6.45) is 1.62. The number of ketones is 1. The quantitative estimate of drug-likeness (QED) is 0.664. The van der Waals surface area contributed by atoms with Gasteiger partial charge in [-0.2, -0.15) is 0 Å². The van der Waals surface area contributed by atoms with Crippen molar-refractivity contribution in [2.24, 2.45) is 0 Å². The first kappa shape index (κ1) is 12.4. The summed E-state index contributed by atoms with van der Waals surface area (Å²) in [6.45, 7) is 1.51. The molecular weight excluding hydrogens is 250 g/mol. The first-order chi connectivity index (χ1) is 9.75. The molecule has 0 aliphatic rings. The molecule has 20 heavy (non-hydrogen) atoms. The lowest BCUT2D eigenvalue weighted by Gasteiger charge is -2.10. The van der Waals surface area contributed by atoms with E-state index in [2.05, 4.69) is 4.98 Å². The third kappa shape index (κ3) is 2.26. The van der Waals surface area contributed by atoms with E-state index in [9.17, 15) is 4.79 Å². The smallest absolute Gasteiger partial charge is 0.230 e. The number of benzene rings is 2. The van der Waals surface area contributed by atoms with Gasteiger partial charge in [0.05, 0.1) is 5.56 Å². The minimum Gasteiger partial charge on any atom is -0.438 e. The van der Waals surface area contributed by atoms with E-state index in [4.69, 9.17) is 4.74 Å². The first-order valence-corrected chi connectivity index (χ1v) is 6.37. The van der Waals surface area contributed by atoms with Crippen molar-refractivity contribution < 1.29 is 9.53 Å². The largest absolute Gasteiger partial charge is 0.438 e. The Morgan fingerprint density at radius 1 is 1.00 bits per heavy atom. The zero-order valence-corrected chi connectivity index (χ0v) is 11.0. The predicted molar refractivity (Wildman–Crippen MR) is 78.3 cm³/mol.